The molecule has 140 valence electrons. The SMILES string of the molecule is C/C(=C\C(C)(C)C)c1ccc(C(=O)NC2[C@H]3C[C@H]4C[C@H](C3)C[C@@H]2C4)cc1. The van der Waals surface area contributed by atoms with Gasteiger partial charge in [-0.1, -0.05) is 39.0 Å². The van der Waals surface area contributed by atoms with E-state index in [1.165, 1.54) is 43.2 Å². The molecule has 0 aliphatic heterocycles. The molecule has 1 amide bonds. The molecule has 5 rings (SSSR count). The van der Waals surface area contributed by atoms with E-state index in [9.17, 15) is 4.79 Å². The van der Waals surface area contributed by atoms with E-state index < -0.39 is 0 Å². The van der Waals surface area contributed by atoms with Crippen LogP contribution in [0, 0.1) is 29.1 Å². The summed E-state index contributed by atoms with van der Waals surface area (Å²) in [7, 11) is 0. The number of amides is 1. The summed E-state index contributed by atoms with van der Waals surface area (Å²) in [5, 5.41) is 3.41. The van der Waals surface area contributed by atoms with Gasteiger partial charge < -0.3 is 5.32 Å². The Morgan fingerprint density at radius 3 is 1.92 bits per heavy atom. The van der Waals surface area contributed by atoms with Crippen molar-refractivity contribution in [3.8, 4) is 0 Å². The Hall–Kier alpha value is -1.57. The summed E-state index contributed by atoms with van der Waals surface area (Å²) in [5.74, 6) is 3.47. The van der Waals surface area contributed by atoms with Crippen molar-refractivity contribution in [2.75, 3.05) is 0 Å². The quantitative estimate of drug-likeness (QED) is 0.744. The van der Waals surface area contributed by atoms with Crippen molar-refractivity contribution >= 4 is 11.5 Å². The van der Waals surface area contributed by atoms with Crippen LogP contribution in [0.25, 0.3) is 5.57 Å². The van der Waals surface area contributed by atoms with E-state index in [0.29, 0.717) is 6.04 Å². The van der Waals surface area contributed by atoms with Gasteiger partial charge in [0, 0.05) is 11.6 Å². The van der Waals surface area contributed by atoms with Gasteiger partial charge >= 0.3 is 0 Å². The summed E-state index contributed by atoms with van der Waals surface area (Å²) in [6, 6.07) is 8.56. The zero-order valence-corrected chi connectivity index (χ0v) is 16.7. The largest absolute Gasteiger partial charge is 0.349 e. The standard InChI is InChI=1S/C24H33NO/c1-15(14-24(2,3)4)18-5-7-19(8-6-18)23(26)25-22-20-10-16-9-17(12-20)13-21(22)11-16/h5-8,14,16-17,20-22H,9-13H2,1-4H3,(H,25,26)/b15-14+/t16-,17-,20-,21-,22?. The number of hydrogen-bond donors (Lipinski definition) is 1. The molecule has 1 N–H and O–H groups in total. The Morgan fingerprint density at radius 1 is 0.923 bits per heavy atom. The highest BCUT2D eigenvalue weighted by molar-refractivity contribution is 5.94. The Morgan fingerprint density at radius 2 is 1.42 bits per heavy atom. The molecule has 0 spiro atoms. The second kappa shape index (κ2) is 6.55. The molecular formula is C24H33NO. The Balaban J connectivity index is 1.43. The summed E-state index contributed by atoms with van der Waals surface area (Å²) in [6.45, 7) is 8.78. The first-order chi connectivity index (χ1) is 12.3. The molecule has 0 unspecified atom stereocenters. The fraction of sp³-hybridized carbons (Fsp3) is 0.625. The summed E-state index contributed by atoms with van der Waals surface area (Å²) in [4.78, 5) is 12.8. The molecule has 1 aromatic rings. The van der Waals surface area contributed by atoms with Gasteiger partial charge in [-0.3, -0.25) is 4.79 Å². The third kappa shape index (κ3) is 3.61. The zero-order chi connectivity index (χ0) is 18.5. The van der Waals surface area contributed by atoms with Crippen LogP contribution in [0.5, 0.6) is 0 Å². The van der Waals surface area contributed by atoms with Crippen molar-refractivity contribution < 1.29 is 4.79 Å². The van der Waals surface area contributed by atoms with Crippen LogP contribution in [0.15, 0.2) is 30.3 Å². The fourth-order valence-corrected chi connectivity index (χ4v) is 6.01. The van der Waals surface area contributed by atoms with E-state index in [1.54, 1.807) is 0 Å². The molecule has 26 heavy (non-hydrogen) atoms. The van der Waals surface area contributed by atoms with Crippen molar-refractivity contribution in [2.45, 2.75) is 65.8 Å². The maximum atomic E-state index is 12.8. The van der Waals surface area contributed by atoms with Gasteiger partial charge in [0.05, 0.1) is 0 Å². The Kier molecular flexibility index (Phi) is 4.49. The van der Waals surface area contributed by atoms with E-state index in [2.05, 4.69) is 51.2 Å². The average molecular weight is 352 g/mol. The second-order valence-electron chi connectivity index (χ2n) is 10.2. The zero-order valence-electron chi connectivity index (χ0n) is 16.7. The van der Waals surface area contributed by atoms with E-state index >= 15 is 0 Å². The maximum absolute atomic E-state index is 12.8. The summed E-state index contributed by atoms with van der Waals surface area (Å²) >= 11 is 0. The minimum atomic E-state index is 0.117. The van der Waals surface area contributed by atoms with Crippen molar-refractivity contribution in [3.05, 3.63) is 41.5 Å². The third-order valence-corrected chi connectivity index (χ3v) is 6.78. The van der Waals surface area contributed by atoms with E-state index in [4.69, 9.17) is 0 Å². The minimum absolute atomic E-state index is 0.117. The molecule has 0 aromatic heterocycles. The number of rotatable bonds is 3. The highest BCUT2D eigenvalue weighted by Crippen LogP contribution is 2.53. The van der Waals surface area contributed by atoms with Gasteiger partial charge in [-0.05, 0) is 91.4 Å². The van der Waals surface area contributed by atoms with Crippen LogP contribution < -0.4 is 5.32 Å². The lowest BCUT2D eigenvalue weighted by atomic mass is 9.54. The lowest BCUT2D eigenvalue weighted by Gasteiger charge is -2.54. The molecular weight excluding hydrogens is 318 g/mol. The number of benzene rings is 1. The molecule has 2 nitrogen and oxygen atoms in total. The van der Waals surface area contributed by atoms with Crippen LogP contribution in [0.2, 0.25) is 0 Å². The molecule has 4 fully saturated rings. The van der Waals surface area contributed by atoms with Crippen LogP contribution in [0.4, 0.5) is 0 Å². The predicted molar refractivity (Wildman–Crippen MR) is 108 cm³/mol. The number of carbonyl (C=O) groups is 1. The first-order valence-electron chi connectivity index (χ1n) is 10.4. The number of nitrogens with one attached hydrogen (secondary N) is 1. The average Bonchev–Trinajstić information content (AvgIpc) is 2.56. The highest BCUT2D eigenvalue weighted by Gasteiger charge is 2.48. The topological polar surface area (TPSA) is 29.1 Å². The van der Waals surface area contributed by atoms with Crippen LogP contribution in [-0.2, 0) is 0 Å². The van der Waals surface area contributed by atoms with E-state index in [-0.39, 0.29) is 11.3 Å². The van der Waals surface area contributed by atoms with Crippen molar-refractivity contribution in [2.24, 2.45) is 29.1 Å². The number of allylic oxidation sites excluding steroid dienone is 2. The molecule has 4 saturated carbocycles. The van der Waals surface area contributed by atoms with Crippen LogP contribution >= 0.6 is 0 Å². The van der Waals surface area contributed by atoms with Gasteiger partial charge in [-0.2, -0.15) is 0 Å². The van der Waals surface area contributed by atoms with Crippen molar-refractivity contribution in [3.63, 3.8) is 0 Å². The van der Waals surface area contributed by atoms with E-state index in [0.717, 1.165) is 29.2 Å². The van der Waals surface area contributed by atoms with Gasteiger partial charge in [0.25, 0.3) is 5.91 Å². The van der Waals surface area contributed by atoms with Gasteiger partial charge in [0.1, 0.15) is 0 Å². The molecule has 0 heterocycles. The fourth-order valence-electron chi connectivity index (χ4n) is 6.01. The van der Waals surface area contributed by atoms with Gasteiger partial charge in [0.15, 0.2) is 0 Å². The summed E-state index contributed by atoms with van der Waals surface area (Å²) in [6.07, 6.45) is 9.11. The van der Waals surface area contributed by atoms with Crippen molar-refractivity contribution in [1.29, 1.82) is 0 Å². The number of carbonyl (C=O) groups excluding carboxylic acids is 1. The predicted octanol–water partition coefficient (Wildman–Crippen LogP) is 5.69. The third-order valence-electron chi connectivity index (χ3n) is 6.78. The lowest BCUT2D eigenvalue weighted by molar-refractivity contribution is -0.0119. The summed E-state index contributed by atoms with van der Waals surface area (Å²) < 4.78 is 0. The van der Waals surface area contributed by atoms with Crippen LogP contribution in [-0.4, -0.2) is 11.9 Å². The smallest absolute Gasteiger partial charge is 0.251 e. The molecule has 4 bridgehead atoms. The molecule has 1 aromatic carbocycles. The molecule has 0 atom stereocenters. The van der Waals surface area contributed by atoms with Gasteiger partial charge in [0.2, 0.25) is 0 Å². The van der Waals surface area contributed by atoms with Crippen LogP contribution in [0.1, 0.15) is 75.7 Å². The van der Waals surface area contributed by atoms with Gasteiger partial charge in [-0.15, -0.1) is 0 Å². The normalized spacial score (nSPS) is 33.4. The molecule has 4 aliphatic rings. The Labute approximate surface area is 158 Å². The molecule has 0 saturated heterocycles. The van der Waals surface area contributed by atoms with E-state index in [1.807, 2.05) is 12.1 Å². The molecule has 2 heteroatoms. The van der Waals surface area contributed by atoms with Gasteiger partial charge in [-0.25, -0.2) is 0 Å². The second-order valence-corrected chi connectivity index (χ2v) is 10.2. The number of hydrogen-bond acceptors (Lipinski definition) is 1. The first-order valence-corrected chi connectivity index (χ1v) is 10.4. The highest BCUT2D eigenvalue weighted by atomic mass is 16.1. The van der Waals surface area contributed by atoms with Crippen molar-refractivity contribution in [1.82, 2.24) is 5.32 Å². The van der Waals surface area contributed by atoms with Crippen LogP contribution in [0.3, 0.4) is 0 Å². The molecule has 4 aliphatic carbocycles. The minimum Gasteiger partial charge on any atom is -0.349 e. The Bertz CT molecular complexity index is 679. The summed E-state index contributed by atoms with van der Waals surface area (Å²) in [5.41, 5.74) is 3.43. The first kappa shape index (κ1) is 17.8. The monoisotopic (exact) mass is 351 g/mol. The lowest BCUT2D eigenvalue weighted by Crippen LogP contribution is -2.55. The maximum Gasteiger partial charge on any atom is 0.251 e. The molecule has 0 radical (unpaired) electrons.